The van der Waals surface area contributed by atoms with Crippen molar-refractivity contribution in [3.63, 3.8) is 0 Å². The summed E-state index contributed by atoms with van der Waals surface area (Å²) in [4.78, 5) is 34.8. The summed E-state index contributed by atoms with van der Waals surface area (Å²) in [5.74, 6) is 0.576. The van der Waals surface area contributed by atoms with Gasteiger partial charge in [-0.25, -0.2) is 4.98 Å². The van der Waals surface area contributed by atoms with E-state index in [9.17, 15) is 9.59 Å². The first kappa shape index (κ1) is 29.8. The van der Waals surface area contributed by atoms with Gasteiger partial charge in [0.1, 0.15) is 5.82 Å². The van der Waals surface area contributed by atoms with E-state index in [2.05, 4.69) is 27.9 Å². The summed E-state index contributed by atoms with van der Waals surface area (Å²) in [6.45, 7) is 7.59. The molecular weight excluding hydrogens is 570 g/mol. The van der Waals surface area contributed by atoms with Crippen molar-refractivity contribution in [2.24, 2.45) is 7.05 Å². The van der Waals surface area contributed by atoms with Crippen LogP contribution in [0.25, 0.3) is 39.4 Å². The number of amides is 1. The maximum Gasteiger partial charge on any atom is 0.252 e. The highest BCUT2D eigenvalue weighted by atomic mass is 35.5. The monoisotopic (exact) mass is 607 g/mol. The third-order valence-electron chi connectivity index (χ3n) is 8.83. The van der Waals surface area contributed by atoms with Crippen LogP contribution in [0, 0.1) is 6.92 Å². The van der Waals surface area contributed by atoms with Crippen LogP contribution in [0.1, 0.15) is 86.2 Å². The van der Waals surface area contributed by atoms with Gasteiger partial charge in [0.25, 0.3) is 5.91 Å². The molecule has 3 heterocycles. The van der Waals surface area contributed by atoms with Crippen LogP contribution in [0.4, 0.5) is 0 Å². The van der Waals surface area contributed by atoms with Crippen LogP contribution in [0.2, 0.25) is 5.02 Å². The van der Waals surface area contributed by atoms with Crippen molar-refractivity contribution in [1.82, 2.24) is 24.4 Å². The van der Waals surface area contributed by atoms with Gasteiger partial charge >= 0.3 is 0 Å². The molecule has 0 atom stereocenters. The molecule has 44 heavy (non-hydrogen) atoms. The van der Waals surface area contributed by atoms with Crippen LogP contribution < -0.4 is 5.32 Å². The third kappa shape index (κ3) is 5.57. The van der Waals surface area contributed by atoms with E-state index in [1.807, 2.05) is 67.9 Å². The molecule has 0 unspecified atom stereocenters. The van der Waals surface area contributed by atoms with E-state index in [1.54, 1.807) is 18.3 Å². The molecule has 1 amide bonds. The van der Waals surface area contributed by atoms with Crippen molar-refractivity contribution < 1.29 is 9.59 Å². The smallest absolute Gasteiger partial charge is 0.252 e. The molecule has 7 nitrogen and oxygen atoms in total. The average molecular weight is 608 g/mol. The fourth-order valence-electron chi connectivity index (χ4n) is 6.66. The molecule has 226 valence electrons. The Morgan fingerprint density at radius 3 is 2.50 bits per heavy atom. The molecule has 0 radical (unpaired) electrons. The van der Waals surface area contributed by atoms with Crippen LogP contribution in [-0.2, 0) is 17.4 Å². The summed E-state index contributed by atoms with van der Waals surface area (Å²) < 4.78 is 4.45. The number of aromatic nitrogens is 4. The van der Waals surface area contributed by atoms with E-state index < -0.39 is 5.54 Å². The van der Waals surface area contributed by atoms with Crippen molar-refractivity contribution in [1.29, 1.82) is 0 Å². The van der Waals surface area contributed by atoms with E-state index >= 15 is 0 Å². The van der Waals surface area contributed by atoms with Crippen molar-refractivity contribution in [3.05, 3.63) is 88.3 Å². The number of benzene rings is 2. The Hall–Kier alpha value is -4.23. The Kier molecular flexibility index (Phi) is 7.93. The first-order chi connectivity index (χ1) is 21.0. The molecule has 6 rings (SSSR count). The number of carbonyl (C=O) groups is 2. The van der Waals surface area contributed by atoms with Gasteiger partial charge in [0.05, 0.1) is 33.0 Å². The maximum atomic E-state index is 13.8. The predicted molar refractivity (Wildman–Crippen MR) is 178 cm³/mol. The quantitative estimate of drug-likeness (QED) is 0.189. The van der Waals surface area contributed by atoms with E-state index in [1.165, 1.54) is 26.2 Å². The summed E-state index contributed by atoms with van der Waals surface area (Å²) in [7, 11) is 1.95. The maximum absolute atomic E-state index is 13.8. The van der Waals surface area contributed by atoms with Gasteiger partial charge in [-0.2, -0.15) is 0 Å². The summed E-state index contributed by atoms with van der Waals surface area (Å²) in [5, 5.41) is 4.90. The third-order valence-corrected chi connectivity index (χ3v) is 9.05. The van der Waals surface area contributed by atoms with Crippen molar-refractivity contribution >= 4 is 51.3 Å². The largest absolute Gasteiger partial charge is 0.340 e. The summed E-state index contributed by atoms with van der Waals surface area (Å²) in [5.41, 5.74) is 6.74. The lowest BCUT2D eigenvalue weighted by atomic mass is 9.95. The molecule has 2 aromatic carbocycles. The van der Waals surface area contributed by atoms with Crippen LogP contribution >= 0.6 is 11.6 Å². The summed E-state index contributed by atoms with van der Waals surface area (Å²) >= 11 is 6.19. The number of fused-ring (bicyclic) bond motifs is 2. The second-order valence-corrected chi connectivity index (χ2v) is 12.9. The fourth-order valence-corrected chi connectivity index (χ4v) is 6.77. The number of nitrogens with one attached hydrogen (secondary N) is 1. The van der Waals surface area contributed by atoms with Gasteiger partial charge in [-0.15, -0.1) is 0 Å². The average Bonchev–Trinajstić information content (AvgIpc) is 3.50. The van der Waals surface area contributed by atoms with Gasteiger partial charge < -0.3 is 14.5 Å². The minimum absolute atomic E-state index is 0.00329. The SMILES string of the molecule is CC(=O)/C=C/c1ccc2nc(C(C)(C)NC(=O)c3ccc4c(c3)c(C)c(-c3ccc(Cl)cn3)n4C3CCCCC3)n(C)c2c1. The van der Waals surface area contributed by atoms with E-state index in [4.69, 9.17) is 16.6 Å². The van der Waals surface area contributed by atoms with Gasteiger partial charge in [-0.3, -0.25) is 14.6 Å². The van der Waals surface area contributed by atoms with Crippen LogP contribution in [0.5, 0.6) is 0 Å². The number of imidazole rings is 1. The number of aryl methyl sites for hydroxylation is 2. The number of allylic oxidation sites excluding steroid dienone is 1. The molecule has 1 fully saturated rings. The molecule has 1 saturated carbocycles. The molecule has 0 aliphatic heterocycles. The van der Waals surface area contributed by atoms with Gasteiger partial charge in [0.15, 0.2) is 5.78 Å². The number of pyridine rings is 1. The highest BCUT2D eigenvalue weighted by molar-refractivity contribution is 6.30. The first-order valence-corrected chi connectivity index (χ1v) is 15.7. The van der Waals surface area contributed by atoms with E-state index in [-0.39, 0.29) is 11.7 Å². The lowest BCUT2D eigenvalue weighted by Crippen LogP contribution is -2.42. The number of hydrogen-bond acceptors (Lipinski definition) is 4. The molecule has 8 heteroatoms. The number of rotatable bonds is 7. The Bertz CT molecular complexity index is 1920. The first-order valence-electron chi connectivity index (χ1n) is 15.3. The molecule has 0 spiro atoms. The standard InChI is InChI=1S/C36H38ClN5O2/c1-22(43)11-12-24-13-16-29-32(19-24)41(5)35(39-29)36(3,4)40-34(44)25-14-18-31-28(20-25)23(2)33(30-17-15-26(37)21-38-30)42(31)27-9-7-6-8-10-27/h11-21,27H,6-10H2,1-5H3,(H,40,44)/b12-11+. The molecule has 1 aliphatic rings. The number of ketones is 1. The Labute approximate surface area is 263 Å². The number of nitrogens with zero attached hydrogens (tertiary/aromatic N) is 4. The van der Waals surface area contributed by atoms with Crippen molar-refractivity contribution in [2.45, 2.75) is 71.4 Å². The lowest BCUT2D eigenvalue weighted by molar-refractivity contribution is -0.112. The topological polar surface area (TPSA) is 81.8 Å². The van der Waals surface area contributed by atoms with Gasteiger partial charge in [0, 0.05) is 35.8 Å². The molecular formula is C36H38ClN5O2. The lowest BCUT2D eigenvalue weighted by Gasteiger charge is -2.27. The van der Waals surface area contributed by atoms with Crippen molar-refractivity contribution in [2.75, 3.05) is 0 Å². The Morgan fingerprint density at radius 2 is 1.80 bits per heavy atom. The minimum Gasteiger partial charge on any atom is -0.340 e. The fraction of sp³-hybridized carbons (Fsp3) is 0.333. The second-order valence-electron chi connectivity index (χ2n) is 12.5. The van der Waals surface area contributed by atoms with Crippen molar-refractivity contribution in [3.8, 4) is 11.4 Å². The van der Waals surface area contributed by atoms with Gasteiger partial charge in [-0.1, -0.05) is 43.0 Å². The highest BCUT2D eigenvalue weighted by Gasteiger charge is 2.30. The van der Waals surface area contributed by atoms with Gasteiger partial charge in [-0.05, 0) is 100 Å². The molecule has 3 aromatic heterocycles. The summed E-state index contributed by atoms with van der Waals surface area (Å²) in [6.07, 6.45) is 11.0. The van der Waals surface area contributed by atoms with Crippen LogP contribution in [-0.4, -0.2) is 30.8 Å². The zero-order valence-electron chi connectivity index (χ0n) is 25.9. The Morgan fingerprint density at radius 1 is 1.02 bits per heavy atom. The number of carbonyl (C=O) groups excluding carboxylic acids is 2. The predicted octanol–water partition coefficient (Wildman–Crippen LogP) is 8.32. The number of halogens is 1. The zero-order valence-corrected chi connectivity index (χ0v) is 26.7. The Balaban J connectivity index is 1.35. The zero-order chi connectivity index (χ0) is 31.2. The minimum atomic E-state index is -0.753. The second kappa shape index (κ2) is 11.7. The summed E-state index contributed by atoms with van der Waals surface area (Å²) in [6, 6.07) is 16.2. The highest BCUT2D eigenvalue weighted by Crippen LogP contribution is 2.40. The number of hydrogen-bond donors (Lipinski definition) is 1. The van der Waals surface area contributed by atoms with E-state index in [0.717, 1.165) is 63.1 Å². The van der Waals surface area contributed by atoms with Crippen LogP contribution in [0.15, 0.2) is 60.8 Å². The van der Waals surface area contributed by atoms with Gasteiger partial charge in [0.2, 0.25) is 0 Å². The normalized spacial score (nSPS) is 14.6. The van der Waals surface area contributed by atoms with Crippen LogP contribution in [0.3, 0.4) is 0 Å². The molecule has 1 N–H and O–H groups in total. The molecule has 1 aliphatic carbocycles. The molecule has 0 bridgehead atoms. The van der Waals surface area contributed by atoms with E-state index in [0.29, 0.717) is 16.6 Å². The molecule has 5 aromatic rings. The molecule has 0 saturated heterocycles.